The second kappa shape index (κ2) is 4.13. The summed E-state index contributed by atoms with van der Waals surface area (Å²) in [6.07, 6.45) is -1.07. The van der Waals surface area contributed by atoms with E-state index in [1.807, 2.05) is 0 Å². The summed E-state index contributed by atoms with van der Waals surface area (Å²) in [4.78, 5) is 14.2. The first-order chi connectivity index (χ1) is 6.61. The molecule has 5 heteroatoms. The highest BCUT2D eigenvalue weighted by Crippen LogP contribution is 2.27. The third-order valence-electron chi connectivity index (χ3n) is 1.92. The zero-order valence-corrected chi connectivity index (χ0v) is 7.75. The summed E-state index contributed by atoms with van der Waals surface area (Å²) in [5, 5.41) is 0. The Kier molecular flexibility index (Phi) is 3.11. The molecular weight excluding hydrogens is 192 g/mol. The van der Waals surface area contributed by atoms with Gasteiger partial charge in [0.05, 0.1) is 18.9 Å². The largest absolute Gasteiger partial charge is 0.494 e. The Morgan fingerprint density at radius 2 is 2.21 bits per heavy atom. The van der Waals surface area contributed by atoms with Gasteiger partial charge in [0.2, 0.25) is 0 Å². The van der Waals surface area contributed by atoms with Crippen LogP contribution in [0.1, 0.15) is 28.0 Å². The fourth-order valence-corrected chi connectivity index (χ4v) is 1.15. The minimum Gasteiger partial charge on any atom is -0.494 e. The Labute approximate surface area is 79.7 Å². The number of hydrogen-bond donors (Lipinski definition) is 0. The molecular formula is C9H9F2NO2. The first-order valence-corrected chi connectivity index (χ1v) is 3.88. The van der Waals surface area contributed by atoms with Crippen molar-refractivity contribution in [1.29, 1.82) is 0 Å². The molecule has 0 aromatic carbocycles. The van der Waals surface area contributed by atoms with Crippen molar-refractivity contribution in [2.75, 3.05) is 7.11 Å². The molecule has 0 atom stereocenters. The lowest BCUT2D eigenvalue weighted by atomic mass is 10.1. The summed E-state index contributed by atoms with van der Waals surface area (Å²) >= 11 is 0. The van der Waals surface area contributed by atoms with Gasteiger partial charge in [-0.15, -0.1) is 0 Å². The van der Waals surface area contributed by atoms with Crippen LogP contribution in [0.5, 0.6) is 5.75 Å². The monoisotopic (exact) mass is 201 g/mol. The van der Waals surface area contributed by atoms with Gasteiger partial charge in [-0.05, 0) is 12.5 Å². The number of pyridine rings is 1. The van der Waals surface area contributed by atoms with Gasteiger partial charge >= 0.3 is 0 Å². The van der Waals surface area contributed by atoms with E-state index in [9.17, 15) is 13.6 Å². The van der Waals surface area contributed by atoms with E-state index in [1.165, 1.54) is 14.0 Å². The number of aromatic nitrogens is 1. The van der Waals surface area contributed by atoms with Gasteiger partial charge in [-0.2, -0.15) is 0 Å². The molecule has 0 fully saturated rings. The molecule has 0 saturated carbocycles. The fourth-order valence-electron chi connectivity index (χ4n) is 1.15. The predicted molar refractivity (Wildman–Crippen MR) is 45.9 cm³/mol. The smallest absolute Gasteiger partial charge is 0.280 e. The third-order valence-corrected chi connectivity index (χ3v) is 1.92. The lowest BCUT2D eigenvalue weighted by molar-refractivity contribution is 0.111. The van der Waals surface area contributed by atoms with Crippen molar-refractivity contribution in [3.8, 4) is 5.75 Å². The van der Waals surface area contributed by atoms with Crippen LogP contribution in [-0.2, 0) is 0 Å². The quantitative estimate of drug-likeness (QED) is 0.703. The van der Waals surface area contributed by atoms with Crippen LogP contribution < -0.4 is 4.74 Å². The lowest BCUT2D eigenvalue weighted by Gasteiger charge is -2.09. The summed E-state index contributed by atoms with van der Waals surface area (Å²) in [5.41, 5.74) is -0.0972. The first-order valence-electron chi connectivity index (χ1n) is 3.88. The maximum absolute atomic E-state index is 12.4. The van der Waals surface area contributed by atoms with E-state index >= 15 is 0 Å². The Morgan fingerprint density at radius 3 is 2.64 bits per heavy atom. The highest BCUT2D eigenvalue weighted by molar-refractivity contribution is 5.81. The number of carbonyl (C=O) groups is 1. The second-order valence-corrected chi connectivity index (χ2v) is 2.67. The average molecular weight is 201 g/mol. The number of halogens is 2. The van der Waals surface area contributed by atoms with E-state index in [1.54, 1.807) is 0 Å². The number of methoxy groups -OCH3 is 1. The number of nitrogens with zero attached hydrogens (tertiary/aromatic N) is 1. The van der Waals surface area contributed by atoms with Crippen molar-refractivity contribution < 1.29 is 18.3 Å². The maximum atomic E-state index is 12.4. The van der Waals surface area contributed by atoms with Gasteiger partial charge in [-0.1, -0.05) is 0 Å². The van der Waals surface area contributed by atoms with Crippen LogP contribution in [0.25, 0.3) is 0 Å². The molecule has 0 saturated heterocycles. The number of aldehydes is 1. The van der Waals surface area contributed by atoms with Crippen molar-refractivity contribution in [3.05, 3.63) is 23.0 Å². The molecule has 0 bridgehead atoms. The predicted octanol–water partition coefficient (Wildman–Crippen LogP) is 2.15. The molecule has 0 aliphatic heterocycles. The molecule has 0 aliphatic carbocycles. The molecule has 0 N–H and O–H groups in total. The van der Waals surface area contributed by atoms with Gasteiger partial charge in [0.15, 0.2) is 6.29 Å². The second-order valence-electron chi connectivity index (χ2n) is 2.67. The highest BCUT2D eigenvalue weighted by Gasteiger charge is 2.17. The number of carbonyl (C=O) groups excluding carboxylic acids is 1. The Hall–Kier alpha value is -1.52. The number of rotatable bonds is 3. The van der Waals surface area contributed by atoms with Gasteiger partial charge in [-0.3, -0.25) is 9.78 Å². The zero-order valence-electron chi connectivity index (χ0n) is 7.75. The van der Waals surface area contributed by atoms with Crippen molar-refractivity contribution in [2.45, 2.75) is 13.3 Å². The van der Waals surface area contributed by atoms with Gasteiger partial charge in [0, 0.05) is 0 Å². The van der Waals surface area contributed by atoms with Crippen LogP contribution in [0.2, 0.25) is 0 Å². The molecule has 3 nitrogen and oxygen atoms in total. The van der Waals surface area contributed by atoms with Crippen LogP contribution in [0.4, 0.5) is 8.78 Å². The molecule has 0 spiro atoms. The molecule has 1 heterocycles. The summed E-state index contributed by atoms with van der Waals surface area (Å²) in [6.45, 7) is 1.42. The van der Waals surface area contributed by atoms with E-state index in [2.05, 4.69) is 4.98 Å². The Balaban J connectivity index is 3.34. The summed E-state index contributed by atoms with van der Waals surface area (Å²) in [6, 6.07) is 0. The normalized spacial score (nSPS) is 10.4. The minimum atomic E-state index is -2.68. The molecule has 14 heavy (non-hydrogen) atoms. The highest BCUT2D eigenvalue weighted by atomic mass is 19.3. The molecule has 76 valence electrons. The Bertz CT molecular complexity index is 353. The summed E-state index contributed by atoms with van der Waals surface area (Å²) in [5.74, 6) is 0.210. The van der Waals surface area contributed by atoms with Crippen molar-refractivity contribution in [3.63, 3.8) is 0 Å². The zero-order chi connectivity index (χ0) is 10.7. The number of ether oxygens (including phenoxy) is 1. The Morgan fingerprint density at radius 1 is 1.57 bits per heavy atom. The standard InChI is InChI=1S/C9H9F2NO2/c1-5-6(4-13)7(14-2)3-12-8(5)9(10)11/h3-4,9H,1-2H3. The molecule has 0 aliphatic rings. The van der Waals surface area contributed by atoms with Crippen LogP contribution >= 0.6 is 0 Å². The minimum absolute atomic E-state index is 0.123. The van der Waals surface area contributed by atoms with Crippen LogP contribution in [-0.4, -0.2) is 18.4 Å². The molecule has 0 unspecified atom stereocenters. The van der Waals surface area contributed by atoms with E-state index < -0.39 is 6.43 Å². The van der Waals surface area contributed by atoms with E-state index in [0.29, 0.717) is 6.29 Å². The molecule has 1 aromatic rings. The first kappa shape index (κ1) is 10.6. The van der Waals surface area contributed by atoms with E-state index in [4.69, 9.17) is 4.74 Å². The van der Waals surface area contributed by atoms with Crippen LogP contribution in [0, 0.1) is 6.92 Å². The average Bonchev–Trinajstić information content (AvgIpc) is 2.16. The topological polar surface area (TPSA) is 39.2 Å². The van der Waals surface area contributed by atoms with Crippen LogP contribution in [0.15, 0.2) is 6.20 Å². The lowest BCUT2D eigenvalue weighted by Crippen LogP contribution is -2.02. The summed E-state index contributed by atoms with van der Waals surface area (Å²) in [7, 11) is 1.35. The number of alkyl halides is 2. The molecule has 0 radical (unpaired) electrons. The van der Waals surface area contributed by atoms with E-state index in [-0.39, 0.29) is 22.6 Å². The van der Waals surface area contributed by atoms with Crippen molar-refractivity contribution in [1.82, 2.24) is 4.98 Å². The van der Waals surface area contributed by atoms with Crippen molar-refractivity contribution >= 4 is 6.29 Å². The maximum Gasteiger partial charge on any atom is 0.280 e. The van der Waals surface area contributed by atoms with Gasteiger partial charge in [0.1, 0.15) is 11.4 Å². The van der Waals surface area contributed by atoms with Gasteiger partial charge < -0.3 is 4.74 Å². The molecule has 0 amide bonds. The third kappa shape index (κ3) is 1.71. The fraction of sp³-hybridized carbons (Fsp3) is 0.333. The van der Waals surface area contributed by atoms with E-state index in [0.717, 1.165) is 6.20 Å². The van der Waals surface area contributed by atoms with Crippen LogP contribution in [0.3, 0.4) is 0 Å². The molecule has 1 aromatic heterocycles. The van der Waals surface area contributed by atoms with Gasteiger partial charge in [0.25, 0.3) is 6.43 Å². The van der Waals surface area contributed by atoms with Crippen molar-refractivity contribution in [2.24, 2.45) is 0 Å². The SMILES string of the molecule is COc1cnc(C(F)F)c(C)c1C=O. The molecule has 1 rings (SSSR count). The summed E-state index contributed by atoms with van der Waals surface area (Å²) < 4.78 is 29.5. The van der Waals surface area contributed by atoms with Gasteiger partial charge in [-0.25, -0.2) is 8.78 Å². The number of hydrogen-bond acceptors (Lipinski definition) is 3.